The van der Waals surface area contributed by atoms with Crippen molar-refractivity contribution >= 4 is 5.97 Å². The summed E-state index contributed by atoms with van der Waals surface area (Å²) >= 11 is 0. The van der Waals surface area contributed by atoms with Crippen molar-refractivity contribution in [1.29, 1.82) is 0 Å². The molecule has 1 N–H and O–H groups in total. The molecule has 0 spiro atoms. The van der Waals surface area contributed by atoms with Crippen molar-refractivity contribution in [2.45, 2.75) is 20.3 Å². The number of carbonyl (C=O) groups is 1. The minimum Gasteiger partial charge on any atom is -0.465 e. The zero-order valence-corrected chi connectivity index (χ0v) is 7.68. The Kier molecular flexibility index (Phi) is 5.09. The largest absolute Gasteiger partial charge is 0.465 e. The molecule has 0 rings (SSSR count). The van der Waals surface area contributed by atoms with Gasteiger partial charge in [-0.1, -0.05) is 6.92 Å². The molecule has 0 aliphatic rings. The minimum absolute atomic E-state index is 0.0828. The summed E-state index contributed by atoms with van der Waals surface area (Å²) in [6.45, 7) is 3.46. The number of hydrogen-bond acceptors (Lipinski definition) is 3. The van der Waals surface area contributed by atoms with Crippen molar-refractivity contribution in [3.05, 3.63) is 16.9 Å². The van der Waals surface area contributed by atoms with Crippen LogP contribution in [0.2, 0.25) is 0 Å². The van der Waals surface area contributed by atoms with Crippen LogP contribution >= 0.6 is 0 Å². The number of hydrogen-bond donors (Lipinski definition) is 1. The van der Waals surface area contributed by atoms with E-state index in [1.54, 1.807) is 6.92 Å². The highest BCUT2D eigenvalue weighted by atomic mass is 16.5. The van der Waals surface area contributed by atoms with E-state index in [1.165, 1.54) is 7.11 Å². The first-order chi connectivity index (χ1) is 5.65. The Morgan fingerprint density at radius 2 is 2.17 bits per heavy atom. The van der Waals surface area contributed by atoms with Crippen molar-refractivity contribution in [3.8, 4) is 0 Å². The highest BCUT2D eigenvalue weighted by molar-refractivity contribution is 5.88. The van der Waals surface area contributed by atoms with Gasteiger partial charge in [-0.15, -0.1) is 5.73 Å². The van der Waals surface area contributed by atoms with E-state index in [4.69, 9.17) is 5.11 Å². The molecule has 68 valence electrons. The van der Waals surface area contributed by atoms with Crippen LogP contribution in [0, 0.1) is 0 Å². The molecular formula is C9H14O3. The summed E-state index contributed by atoms with van der Waals surface area (Å²) in [6, 6.07) is 0. The molecule has 0 heterocycles. The normalized spacial score (nSPS) is 8.67. The molecule has 0 aromatic rings. The van der Waals surface area contributed by atoms with Crippen molar-refractivity contribution in [2.75, 3.05) is 13.7 Å². The quantitative estimate of drug-likeness (QED) is 0.391. The van der Waals surface area contributed by atoms with Crippen LogP contribution in [0.1, 0.15) is 20.3 Å². The van der Waals surface area contributed by atoms with Gasteiger partial charge in [0.15, 0.2) is 0 Å². The van der Waals surface area contributed by atoms with E-state index in [0.717, 1.165) is 0 Å². The Labute approximate surface area is 72.3 Å². The third-order valence-electron chi connectivity index (χ3n) is 1.39. The Balaban J connectivity index is 4.76. The molecule has 12 heavy (non-hydrogen) atoms. The lowest BCUT2D eigenvalue weighted by Crippen LogP contribution is -2.03. The summed E-state index contributed by atoms with van der Waals surface area (Å²) in [6.07, 6.45) is 0.560. The maximum atomic E-state index is 11.0. The summed E-state index contributed by atoms with van der Waals surface area (Å²) < 4.78 is 4.52. The lowest BCUT2D eigenvalue weighted by molar-refractivity contribution is -0.136. The van der Waals surface area contributed by atoms with Gasteiger partial charge in [-0.2, -0.15) is 0 Å². The number of aliphatic hydroxyl groups excluding tert-OH is 1. The van der Waals surface area contributed by atoms with Gasteiger partial charge in [0.25, 0.3) is 0 Å². The molecule has 0 atom stereocenters. The molecule has 0 saturated heterocycles. The molecule has 0 aromatic carbocycles. The summed E-state index contributed by atoms with van der Waals surface area (Å²) in [5.74, 6) is -0.384. The topological polar surface area (TPSA) is 46.5 Å². The van der Waals surface area contributed by atoms with Gasteiger partial charge in [-0.05, 0) is 18.9 Å². The second-order valence-electron chi connectivity index (χ2n) is 2.39. The predicted octanol–water partition coefficient (Wildman–Crippen LogP) is 1.03. The van der Waals surface area contributed by atoms with Gasteiger partial charge in [0, 0.05) is 0 Å². The maximum absolute atomic E-state index is 11.0. The molecular weight excluding hydrogens is 156 g/mol. The van der Waals surface area contributed by atoms with Crippen molar-refractivity contribution < 1.29 is 14.6 Å². The van der Waals surface area contributed by atoms with Crippen LogP contribution in [0.4, 0.5) is 0 Å². The summed E-state index contributed by atoms with van der Waals surface area (Å²) in [7, 11) is 1.33. The van der Waals surface area contributed by atoms with E-state index in [9.17, 15) is 4.79 Å². The fraction of sp³-hybridized carbons (Fsp3) is 0.556. The van der Waals surface area contributed by atoms with Crippen LogP contribution in [0.15, 0.2) is 16.9 Å². The van der Waals surface area contributed by atoms with E-state index in [1.807, 2.05) is 6.92 Å². The molecule has 0 aliphatic heterocycles. The zero-order valence-electron chi connectivity index (χ0n) is 7.68. The molecule has 0 saturated carbocycles. The first kappa shape index (κ1) is 11.0. The first-order valence-electron chi connectivity index (χ1n) is 3.80. The molecule has 0 amide bonds. The van der Waals surface area contributed by atoms with Gasteiger partial charge in [-0.25, -0.2) is 4.79 Å². The van der Waals surface area contributed by atoms with Crippen LogP contribution in [0.25, 0.3) is 0 Å². The van der Waals surface area contributed by atoms with Gasteiger partial charge in [0.05, 0.1) is 19.3 Å². The molecule has 0 aliphatic carbocycles. The van der Waals surface area contributed by atoms with E-state index in [0.29, 0.717) is 17.6 Å². The fourth-order valence-corrected chi connectivity index (χ4v) is 0.704. The number of rotatable bonds is 3. The molecule has 0 radical (unpaired) electrons. The second kappa shape index (κ2) is 5.58. The third kappa shape index (κ3) is 3.37. The first-order valence-corrected chi connectivity index (χ1v) is 3.80. The number of esters is 1. The van der Waals surface area contributed by atoms with Crippen molar-refractivity contribution in [3.63, 3.8) is 0 Å². The van der Waals surface area contributed by atoms with E-state index in [2.05, 4.69) is 10.5 Å². The van der Waals surface area contributed by atoms with E-state index < -0.39 is 0 Å². The Bertz CT molecular complexity index is 222. The number of carbonyl (C=O) groups excluding carboxylic acids is 1. The van der Waals surface area contributed by atoms with Crippen LogP contribution < -0.4 is 0 Å². The third-order valence-corrected chi connectivity index (χ3v) is 1.39. The Morgan fingerprint density at radius 1 is 1.58 bits per heavy atom. The summed E-state index contributed by atoms with van der Waals surface area (Å²) in [4.78, 5) is 11.0. The predicted molar refractivity (Wildman–Crippen MR) is 45.6 cm³/mol. The smallest absolute Gasteiger partial charge is 0.341 e. The lowest BCUT2D eigenvalue weighted by Gasteiger charge is -1.98. The van der Waals surface area contributed by atoms with Gasteiger partial charge >= 0.3 is 5.97 Å². The van der Waals surface area contributed by atoms with E-state index in [-0.39, 0.29) is 12.6 Å². The van der Waals surface area contributed by atoms with Crippen LogP contribution in [0.3, 0.4) is 0 Å². The van der Waals surface area contributed by atoms with Crippen molar-refractivity contribution in [1.82, 2.24) is 0 Å². The summed E-state index contributed by atoms with van der Waals surface area (Å²) in [5.41, 5.74) is 3.87. The highest BCUT2D eigenvalue weighted by Gasteiger charge is 2.05. The average molecular weight is 170 g/mol. The van der Waals surface area contributed by atoms with Gasteiger partial charge in [0.2, 0.25) is 0 Å². The van der Waals surface area contributed by atoms with Gasteiger partial charge in [0.1, 0.15) is 0 Å². The van der Waals surface area contributed by atoms with E-state index >= 15 is 0 Å². The van der Waals surface area contributed by atoms with Crippen LogP contribution in [-0.4, -0.2) is 24.8 Å². The molecule has 0 bridgehead atoms. The highest BCUT2D eigenvalue weighted by Crippen LogP contribution is 2.02. The Hall–Kier alpha value is -1.05. The van der Waals surface area contributed by atoms with Crippen molar-refractivity contribution in [2.24, 2.45) is 0 Å². The monoisotopic (exact) mass is 170 g/mol. The second-order valence-corrected chi connectivity index (χ2v) is 2.39. The summed E-state index contributed by atoms with van der Waals surface area (Å²) in [5, 5.41) is 8.67. The molecule has 0 unspecified atom stereocenters. The van der Waals surface area contributed by atoms with Gasteiger partial charge < -0.3 is 9.84 Å². The average Bonchev–Trinajstić information content (AvgIpc) is 2.12. The maximum Gasteiger partial charge on any atom is 0.341 e. The molecule has 3 nitrogen and oxygen atoms in total. The molecule has 0 aromatic heterocycles. The number of ether oxygens (including phenoxy) is 1. The molecule has 3 heteroatoms. The lowest BCUT2D eigenvalue weighted by atomic mass is 10.2. The molecule has 0 fully saturated rings. The van der Waals surface area contributed by atoms with Gasteiger partial charge in [-0.3, -0.25) is 0 Å². The zero-order chi connectivity index (χ0) is 9.56. The standard InChI is InChI=1S/C9H14O3/c1-4-8(9(11)12-3)5-7(2)6-10/h10H,4,6H2,1-3H3. The number of methoxy groups -OCH3 is 1. The van der Waals surface area contributed by atoms with Crippen LogP contribution in [-0.2, 0) is 9.53 Å². The Morgan fingerprint density at radius 3 is 2.50 bits per heavy atom. The van der Waals surface area contributed by atoms with Crippen LogP contribution in [0.5, 0.6) is 0 Å². The fourth-order valence-electron chi connectivity index (χ4n) is 0.704. The SMILES string of the molecule is CCC(=C=C(C)CO)C(=O)OC. The number of aliphatic hydroxyl groups is 1. The minimum atomic E-state index is -0.384.